The molecule has 5 atom stereocenters. The third-order valence-electron chi connectivity index (χ3n) is 6.23. The van der Waals surface area contributed by atoms with E-state index < -0.39 is 11.7 Å². The third-order valence-corrected chi connectivity index (χ3v) is 6.23. The Morgan fingerprint density at radius 3 is 2.50 bits per heavy atom. The van der Waals surface area contributed by atoms with Crippen LogP contribution in [0.15, 0.2) is 23.8 Å². The zero-order valence-electron chi connectivity index (χ0n) is 15.3. The standard InChI is InChI=1S/C20H34O4/c1-14(2)5-4-6-15(11-21)16-7-9-19(3)13-20(24,17(16)12-22)10-8-18(19)23/h4-6,14,16-18,21-24H,7-13H2,1-3H3/b5-4+,15-6+/t16-,17-,18-,19+,20-/m1/s1. The van der Waals surface area contributed by atoms with Crippen LogP contribution < -0.4 is 0 Å². The van der Waals surface area contributed by atoms with E-state index in [1.54, 1.807) is 0 Å². The van der Waals surface area contributed by atoms with E-state index in [2.05, 4.69) is 19.9 Å². The lowest BCUT2D eigenvalue weighted by Crippen LogP contribution is -2.52. The van der Waals surface area contributed by atoms with Crippen molar-refractivity contribution in [1.29, 1.82) is 0 Å². The van der Waals surface area contributed by atoms with E-state index in [0.29, 0.717) is 25.2 Å². The van der Waals surface area contributed by atoms with Crippen molar-refractivity contribution < 1.29 is 20.4 Å². The number of rotatable bonds is 5. The van der Waals surface area contributed by atoms with Gasteiger partial charge in [-0.1, -0.05) is 39.0 Å². The van der Waals surface area contributed by atoms with Crippen LogP contribution in [0, 0.1) is 23.2 Å². The predicted octanol–water partition coefficient (Wildman–Crippen LogP) is 2.42. The van der Waals surface area contributed by atoms with Crippen molar-refractivity contribution in [3.05, 3.63) is 23.8 Å². The van der Waals surface area contributed by atoms with Crippen molar-refractivity contribution in [1.82, 2.24) is 0 Å². The van der Waals surface area contributed by atoms with Gasteiger partial charge in [-0.25, -0.2) is 0 Å². The van der Waals surface area contributed by atoms with E-state index in [1.807, 2.05) is 19.1 Å². The Morgan fingerprint density at radius 2 is 1.92 bits per heavy atom. The largest absolute Gasteiger partial charge is 0.396 e. The van der Waals surface area contributed by atoms with Gasteiger partial charge in [0.05, 0.1) is 18.3 Å². The summed E-state index contributed by atoms with van der Waals surface area (Å²) in [6, 6.07) is 0. The van der Waals surface area contributed by atoms with Gasteiger partial charge in [0.2, 0.25) is 0 Å². The van der Waals surface area contributed by atoms with Crippen LogP contribution in [-0.2, 0) is 0 Å². The van der Waals surface area contributed by atoms with E-state index in [1.165, 1.54) is 0 Å². The summed E-state index contributed by atoms with van der Waals surface area (Å²) in [7, 11) is 0. The molecule has 0 aromatic rings. The number of aliphatic hydroxyl groups excluding tert-OH is 3. The van der Waals surface area contributed by atoms with Gasteiger partial charge < -0.3 is 20.4 Å². The van der Waals surface area contributed by atoms with Crippen molar-refractivity contribution in [3.8, 4) is 0 Å². The molecule has 2 aliphatic carbocycles. The highest BCUT2D eigenvalue weighted by Crippen LogP contribution is 2.54. The van der Waals surface area contributed by atoms with Gasteiger partial charge in [0.15, 0.2) is 0 Å². The first-order valence-corrected chi connectivity index (χ1v) is 9.25. The Kier molecular flexibility index (Phi) is 6.29. The van der Waals surface area contributed by atoms with Crippen LogP contribution in [0.1, 0.15) is 52.9 Å². The molecule has 2 rings (SSSR count). The van der Waals surface area contributed by atoms with Crippen molar-refractivity contribution in [2.24, 2.45) is 23.2 Å². The van der Waals surface area contributed by atoms with Crippen LogP contribution in [-0.4, -0.2) is 45.3 Å². The van der Waals surface area contributed by atoms with Crippen LogP contribution in [0.2, 0.25) is 0 Å². The van der Waals surface area contributed by atoms with Crippen LogP contribution in [0.4, 0.5) is 0 Å². The molecular weight excluding hydrogens is 304 g/mol. The fourth-order valence-electron chi connectivity index (χ4n) is 4.71. The zero-order valence-corrected chi connectivity index (χ0v) is 15.3. The Morgan fingerprint density at radius 1 is 1.21 bits per heavy atom. The van der Waals surface area contributed by atoms with Gasteiger partial charge >= 0.3 is 0 Å². The summed E-state index contributed by atoms with van der Waals surface area (Å²) in [5.74, 6) is 0.0769. The van der Waals surface area contributed by atoms with E-state index in [0.717, 1.165) is 18.4 Å². The van der Waals surface area contributed by atoms with Crippen LogP contribution in [0.5, 0.6) is 0 Å². The lowest BCUT2D eigenvalue weighted by molar-refractivity contribution is -0.135. The molecule has 2 saturated carbocycles. The molecule has 138 valence electrons. The van der Waals surface area contributed by atoms with Gasteiger partial charge in [-0.15, -0.1) is 0 Å². The highest BCUT2D eigenvalue weighted by molar-refractivity contribution is 5.20. The molecule has 0 unspecified atom stereocenters. The van der Waals surface area contributed by atoms with Crippen molar-refractivity contribution in [3.63, 3.8) is 0 Å². The minimum absolute atomic E-state index is 0.0612. The Labute approximate surface area is 145 Å². The molecule has 0 heterocycles. The second kappa shape index (κ2) is 7.69. The number of hydrogen-bond donors (Lipinski definition) is 4. The first kappa shape index (κ1) is 19.6. The summed E-state index contributed by atoms with van der Waals surface area (Å²) in [6.45, 7) is 6.07. The molecule has 0 spiro atoms. The van der Waals surface area contributed by atoms with E-state index in [4.69, 9.17) is 0 Å². The number of aliphatic hydroxyl groups is 4. The highest BCUT2D eigenvalue weighted by atomic mass is 16.3. The normalized spacial score (nSPS) is 41.0. The summed E-state index contributed by atoms with van der Waals surface area (Å²) in [4.78, 5) is 0. The van der Waals surface area contributed by atoms with E-state index >= 15 is 0 Å². The lowest BCUT2D eigenvalue weighted by atomic mass is 9.63. The second-order valence-corrected chi connectivity index (χ2v) is 8.45. The zero-order chi connectivity index (χ0) is 18.0. The molecule has 2 bridgehead atoms. The van der Waals surface area contributed by atoms with E-state index in [-0.39, 0.29) is 30.5 Å². The molecule has 24 heavy (non-hydrogen) atoms. The number of fused-ring (bicyclic) bond motifs is 2. The first-order valence-electron chi connectivity index (χ1n) is 9.25. The predicted molar refractivity (Wildman–Crippen MR) is 95.4 cm³/mol. The molecule has 2 aliphatic rings. The number of hydrogen-bond acceptors (Lipinski definition) is 4. The molecular formula is C20H34O4. The minimum atomic E-state index is -0.972. The van der Waals surface area contributed by atoms with Crippen molar-refractivity contribution in [2.45, 2.75) is 64.6 Å². The molecule has 0 aliphatic heterocycles. The summed E-state index contributed by atoms with van der Waals surface area (Å²) in [5, 5.41) is 41.6. The lowest BCUT2D eigenvalue weighted by Gasteiger charge is -2.48. The summed E-state index contributed by atoms with van der Waals surface area (Å²) < 4.78 is 0. The maximum absolute atomic E-state index is 11.3. The van der Waals surface area contributed by atoms with Crippen LogP contribution in [0.3, 0.4) is 0 Å². The summed E-state index contributed by atoms with van der Waals surface area (Å²) in [5.41, 5.74) is -0.423. The second-order valence-electron chi connectivity index (χ2n) is 8.45. The molecule has 0 saturated heterocycles. The average molecular weight is 338 g/mol. The highest BCUT2D eigenvalue weighted by Gasteiger charge is 2.54. The van der Waals surface area contributed by atoms with Crippen molar-refractivity contribution >= 4 is 0 Å². The fourth-order valence-corrected chi connectivity index (χ4v) is 4.71. The van der Waals surface area contributed by atoms with Gasteiger partial charge in [0.25, 0.3) is 0 Å². The monoisotopic (exact) mass is 338 g/mol. The van der Waals surface area contributed by atoms with Gasteiger partial charge in [0.1, 0.15) is 0 Å². The molecule has 0 amide bonds. The maximum atomic E-state index is 11.3. The van der Waals surface area contributed by atoms with Gasteiger partial charge in [0, 0.05) is 12.5 Å². The molecule has 4 heteroatoms. The fraction of sp³-hybridized carbons (Fsp3) is 0.800. The maximum Gasteiger partial charge on any atom is 0.0710 e. The molecule has 4 N–H and O–H groups in total. The quantitative estimate of drug-likeness (QED) is 0.580. The first-order chi connectivity index (χ1) is 11.3. The Bertz CT molecular complexity index is 484. The van der Waals surface area contributed by atoms with Gasteiger partial charge in [-0.3, -0.25) is 0 Å². The molecule has 0 aromatic heterocycles. The van der Waals surface area contributed by atoms with Crippen LogP contribution >= 0.6 is 0 Å². The topological polar surface area (TPSA) is 80.9 Å². The smallest absolute Gasteiger partial charge is 0.0710 e. The summed E-state index contributed by atoms with van der Waals surface area (Å²) in [6.07, 6.45) is 8.72. The molecule has 2 fully saturated rings. The third kappa shape index (κ3) is 3.93. The van der Waals surface area contributed by atoms with E-state index in [9.17, 15) is 20.4 Å². The molecule has 0 aromatic carbocycles. The summed E-state index contributed by atoms with van der Waals surface area (Å²) >= 11 is 0. The minimum Gasteiger partial charge on any atom is -0.396 e. The SMILES string of the molecule is CC(C)/C=C/C=C(\CO)[C@H]1CC[C@@]2(C)C[C@](O)(CC[C@H]2O)[C@@H]1CO. The molecule has 0 radical (unpaired) electrons. The van der Waals surface area contributed by atoms with Gasteiger partial charge in [-0.05, 0) is 54.9 Å². The average Bonchev–Trinajstić information content (AvgIpc) is 2.61. The van der Waals surface area contributed by atoms with Gasteiger partial charge in [-0.2, -0.15) is 0 Å². The van der Waals surface area contributed by atoms with Crippen LogP contribution in [0.25, 0.3) is 0 Å². The molecule has 4 nitrogen and oxygen atoms in total. The number of allylic oxidation sites excluding steroid dienone is 3. The Hall–Kier alpha value is -0.680. The van der Waals surface area contributed by atoms with Crippen molar-refractivity contribution in [2.75, 3.05) is 13.2 Å². The Balaban J connectivity index is 2.34.